The van der Waals surface area contributed by atoms with Crippen molar-refractivity contribution in [1.29, 1.82) is 0 Å². The van der Waals surface area contributed by atoms with E-state index in [-0.39, 0.29) is 17.5 Å². The van der Waals surface area contributed by atoms with Crippen LogP contribution in [0.5, 0.6) is 0 Å². The van der Waals surface area contributed by atoms with Crippen LogP contribution in [-0.2, 0) is 17.8 Å². The Bertz CT molecular complexity index is 750. The van der Waals surface area contributed by atoms with Crippen molar-refractivity contribution in [3.05, 3.63) is 11.9 Å². The number of rotatable bonds is 25. The van der Waals surface area contributed by atoms with E-state index in [1.165, 1.54) is 122 Å². The van der Waals surface area contributed by atoms with Crippen LogP contribution in [0.15, 0.2) is 6.20 Å². The molecule has 1 saturated carbocycles. The summed E-state index contributed by atoms with van der Waals surface area (Å²) in [6, 6.07) is 0.202. The largest absolute Gasteiger partial charge is 0.351 e. The van der Waals surface area contributed by atoms with Gasteiger partial charge in [-0.25, -0.2) is 0 Å². The van der Waals surface area contributed by atoms with E-state index >= 15 is 0 Å². The number of aryl methyl sites for hydroxylation is 2. The molecule has 0 aliphatic heterocycles. The Balaban J connectivity index is 1.33. The van der Waals surface area contributed by atoms with Gasteiger partial charge in [0.1, 0.15) is 0 Å². The number of amides is 1. The molecule has 6 heteroatoms. The lowest BCUT2D eigenvalue weighted by Crippen LogP contribution is -2.51. The van der Waals surface area contributed by atoms with Crippen LogP contribution in [-0.4, -0.2) is 32.5 Å². The first-order chi connectivity index (χ1) is 19.5. The standard InChI is InChI=1S/C34H65N5O/c1-3-4-5-6-7-8-9-10-11-12-13-14-15-16-17-18-19-20-21-22-28-39-30-32(37-38-39)25-26-33(40)36-34(2)27-23-24-31(35)29-34/h30-31H,3-29,35H2,1-2H3,(H,36,40). The molecular weight excluding hydrogens is 494 g/mol. The van der Waals surface area contributed by atoms with E-state index in [9.17, 15) is 4.79 Å². The third-order valence-electron chi connectivity index (χ3n) is 8.89. The predicted molar refractivity (Wildman–Crippen MR) is 169 cm³/mol. The molecule has 0 aromatic carbocycles. The van der Waals surface area contributed by atoms with E-state index < -0.39 is 0 Å². The highest BCUT2D eigenvalue weighted by Crippen LogP contribution is 2.27. The SMILES string of the molecule is CCCCCCCCCCCCCCCCCCCCCCn1cc(CCC(=O)NC2(C)CCCC(N)C2)nn1. The average molecular weight is 560 g/mol. The van der Waals surface area contributed by atoms with Crippen LogP contribution >= 0.6 is 0 Å². The molecular formula is C34H65N5O. The second-order valence-corrected chi connectivity index (χ2v) is 13.2. The Labute approximate surface area is 247 Å². The number of hydrogen-bond acceptors (Lipinski definition) is 4. The Hall–Kier alpha value is -1.43. The molecule has 6 nitrogen and oxygen atoms in total. The summed E-state index contributed by atoms with van der Waals surface area (Å²) < 4.78 is 1.95. The molecule has 2 rings (SSSR count). The third-order valence-corrected chi connectivity index (χ3v) is 8.89. The van der Waals surface area contributed by atoms with Crippen LogP contribution in [0.3, 0.4) is 0 Å². The third kappa shape index (κ3) is 17.4. The van der Waals surface area contributed by atoms with Crippen LogP contribution in [0.25, 0.3) is 0 Å². The maximum absolute atomic E-state index is 12.5. The van der Waals surface area contributed by atoms with E-state index in [4.69, 9.17) is 5.73 Å². The van der Waals surface area contributed by atoms with Gasteiger partial charge in [0, 0.05) is 37.2 Å². The van der Waals surface area contributed by atoms with E-state index in [1.807, 2.05) is 10.9 Å². The van der Waals surface area contributed by atoms with E-state index in [0.29, 0.717) is 12.8 Å². The number of hydrogen-bond donors (Lipinski definition) is 2. The number of unbranched alkanes of at least 4 members (excludes halogenated alkanes) is 19. The van der Waals surface area contributed by atoms with Crippen LogP contribution < -0.4 is 11.1 Å². The van der Waals surface area contributed by atoms with Crippen molar-refractivity contribution in [3.8, 4) is 0 Å². The first-order valence-corrected chi connectivity index (χ1v) is 17.5. The summed E-state index contributed by atoms with van der Waals surface area (Å²) >= 11 is 0. The van der Waals surface area contributed by atoms with Crippen molar-refractivity contribution < 1.29 is 4.79 Å². The average Bonchev–Trinajstić information content (AvgIpc) is 3.38. The minimum atomic E-state index is -0.154. The Morgan fingerprint density at radius 1 is 0.875 bits per heavy atom. The van der Waals surface area contributed by atoms with Gasteiger partial charge in [0.2, 0.25) is 5.91 Å². The zero-order valence-electron chi connectivity index (χ0n) is 26.6. The normalized spacial score (nSPS) is 19.2. The fourth-order valence-electron chi connectivity index (χ4n) is 6.38. The quantitative estimate of drug-likeness (QED) is 0.117. The van der Waals surface area contributed by atoms with Crippen molar-refractivity contribution in [2.75, 3.05) is 0 Å². The van der Waals surface area contributed by atoms with Gasteiger partial charge < -0.3 is 11.1 Å². The summed E-state index contributed by atoms with van der Waals surface area (Å²) in [4.78, 5) is 12.5. The minimum Gasteiger partial charge on any atom is -0.351 e. The molecule has 1 amide bonds. The topological polar surface area (TPSA) is 85.8 Å². The molecule has 1 fully saturated rings. The fraction of sp³-hybridized carbons (Fsp3) is 0.912. The number of carbonyl (C=O) groups excluding carboxylic acids is 1. The highest BCUT2D eigenvalue weighted by Gasteiger charge is 2.31. The summed E-state index contributed by atoms with van der Waals surface area (Å²) in [6.45, 7) is 5.34. The zero-order valence-corrected chi connectivity index (χ0v) is 26.6. The lowest BCUT2D eigenvalue weighted by molar-refractivity contribution is -0.123. The van der Waals surface area contributed by atoms with Gasteiger partial charge in [-0.05, 0) is 39.0 Å². The van der Waals surface area contributed by atoms with Crippen LogP contribution in [0.1, 0.15) is 180 Å². The number of carbonyl (C=O) groups is 1. The fourth-order valence-corrected chi connectivity index (χ4v) is 6.38. The molecule has 1 aromatic heterocycles. The van der Waals surface area contributed by atoms with Crippen LogP contribution in [0, 0.1) is 0 Å². The number of nitrogens with zero attached hydrogens (tertiary/aromatic N) is 3. The molecule has 232 valence electrons. The second kappa shape index (κ2) is 22.2. The molecule has 0 saturated heterocycles. The molecule has 2 atom stereocenters. The number of nitrogens with one attached hydrogen (secondary N) is 1. The van der Waals surface area contributed by atoms with Gasteiger partial charge in [0.05, 0.1) is 5.69 Å². The molecule has 3 N–H and O–H groups in total. The molecule has 40 heavy (non-hydrogen) atoms. The van der Waals surface area contributed by atoms with Crippen molar-refractivity contribution in [1.82, 2.24) is 20.3 Å². The smallest absolute Gasteiger partial charge is 0.220 e. The van der Waals surface area contributed by atoms with Gasteiger partial charge in [-0.2, -0.15) is 0 Å². The van der Waals surface area contributed by atoms with Gasteiger partial charge in [0.25, 0.3) is 0 Å². The molecule has 1 aliphatic carbocycles. The predicted octanol–water partition coefficient (Wildman–Crippen LogP) is 8.81. The van der Waals surface area contributed by atoms with Crippen LogP contribution in [0.4, 0.5) is 0 Å². The molecule has 0 spiro atoms. The van der Waals surface area contributed by atoms with Crippen molar-refractivity contribution in [2.24, 2.45) is 5.73 Å². The van der Waals surface area contributed by atoms with Gasteiger partial charge in [-0.1, -0.05) is 134 Å². The number of nitrogens with two attached hydrogens (primary N) is 1. The molecule has 2 unspecified atom stereocenters. The monoisotopic (exact) mass is 560 g/mol. The van der Waals surface area contributed by atoms with Gasteiger partial charge in [-0.3, -0.25) is 9.48 Å². The highest BCUT2D eigenvalue weighted by molar-refractivity contribution is 5.77. The molecule has 1 heterocycles. The Morgan fingerprint density at radius 2 is 1.38 bits per heavy atom. The Kier molecular flexibility index (Phi) is 19.3. The summed E-state index contributed by atoms with van der Waals surface area (Å²) in [5, 5.41) is 11.8. The first kappa shape index (κ1) is 34.8. The summed E-state index contributed by atoms with van der Waals surface area (Å²) in [5.74, 6) is 0.0974. The summed E-state index contributed by atoms with van der Waals surface area (Å²) in [5.41, 5.74) is 6.87. The first-order valence-electron chi connectivity index (χ1n) is 17.5. The van der Waals surface area contributed by atoms with E-state index in [1.54, 1.807) is 0 Å². The van der Waals surface area contributed by atoms with Gasteiger partial charge in [-0.15, -0.1) is 5.10 Å². The minimum absolute atomic E-state index is 0.0974. The molecule has 1 aromatic rings. The lowest BCUT2D eigenvalue weighted by Gasteiger charge is -2.37. The van der Waals surface area contributed by atoms with Crippen molar-refractivity contribution in [3.63, 3.8) is 0 Å². The number of aromatic nitrogens is 3. The molecule has 0 bridgehead atoms. The second-order valence-electron chi connectivity index (χ2n) is 13.2. The lowest BCUT2D eigenvalue weighted by atomic mass is 9.80. The summed E-state index contributed by atoms with van der Waals surface area (Å²) in [7, 11) is 0. The van der Waals surface area contributed by atoms with Gasteiger partial charge >= 0.3 is 0 Å². The maximum Gasteiger partial charge on any atom is 0.220 e. The molecule has 1 aliphatic rings. The maximum atomic E-state index is 12.5. The zero-order chi connectivity index (χ0) is 28.7. The van der Waals surface area contributed by atoms with Crippen LogP contribution in [0.2, 0.25) is 0 Å². The Morgan fingerprint density at radius 3 is 1.88 bits per heavy atom. The van der Waals surface area contributed by atoms with Crippen molar-refractivity contribution in [2.45, 2.75) is 199 Å². The van der Waals surface area contributed by atoms with E-state index in [0.717, 1.165) is 44.3 Å². The highest BCUT2D eigenvalue weighted by atomic mass is 16.1. The van der Waals surface area contributed by atoms with Crippen molar-refractivity contribution >= 4 is 5.91 Å². The molecule has 0 radical (unpaired) electrons. The van der Waals surface area contributed by atoms with Gasteiger partial charge in [0.15, 0.2) is 0 Å². The van der Waals surface area contributed by atoms with E-state index in [2.05, 4.69) is 29.5 Å². The summed E-state index contributed by atoms with van der Waals surface area (Å²) in [6.07, 6.45) is 35.2.